The van der Waals surface area contributed by atoms with E-state index in [0.29, 0.717) is 0 Å². The number of aryl methyl sites for hydroxylation is 3. The molecule has 3 nitrogen and oxygen atoms in total. The van der Waals surface area contributed by atoms with E-state index in [4.69, 9.17) is 10.9 Å². The molecule has 4 heteroatoms. The Kier molecular flexibility index (Phi) is 4.35. The van der Waals surface area contributed by atoms with Crippen LogP contribution in [-0.4, -0.2) is 11.0 Å². The Morgan fingerprint density at radius 1 is 1.00 bits per heavy atom. The van der Waals surface area contributed by atoms with Crippen molar-refractivity contribution in [1.29, 1.82) is 0 Å². The van der Waals surface area contributed by atoms with Gasteiger partial charge in [0.1, 0.15) is 0 Å². The van der Waals surface area contributed by atoms with Crippen molar-refractivity contribution in [3.8, 4) is 0 Å². The molecule has 0 amide bonds. The van der Waals surface area contributed by atoms with Crippen molar-refractivity contribution < 1.29 is 5.21 Å². The Balaban J connectivity index is 2.47. The minimum atomic E-state index is 0.137. The summed E-state index contributed by atoms with van der Waals surface area (Å²) in [6.45, 7) is 6.19. The van der Waals surface area contributed by atoms with E-state index in [1.165, 1.54) is 16.0 Å². The van der Waals surface area contributed by atoms with E-state index in [1.807, 2.05) is 19.1 Å². The zero-order valence-electron chi connectivity index (χ0n) is 11.8. The van der Waals surface area contributed by atoms with Gasteiger partial charge in [0.25, 0.3) is 0 Å². The number of oxime groups is 1. The van der Waals surface area contributed by atoms with Crippen LogP contribution in [-0.2, 0) is 0 Å². The van der Waals surface area contributed by atoms with Crippen LogP contribution in [0.25, 0.3) is 0 Å². The van der Waals surface area contributed by atoms with Gasteiger partial charge in [-0.1, -0.05) is 35.1 Å². The highest BCUT2D eigenvalue weighted by molar-refractivity contribution is 7.99. The maximum atomic E-state index is 8.90. The van der Waals surface area contributed by atoms with Crippen molar-refractivity contribution in [2.24, 2.45) is 10.9 Å². The third-order valence-electron chi connectivity index (χ3n) is 3.08. The average molecular weight is 286 g/mol. The summed E-state index contributed by atoms with van der Waals surface area (Å²) >= 11 is 1.64. The number of amidine groups is 1. The molecule has 0 atom stereocenters. The molecular weight excluding hydrogens is 268 g/mol. The first-order valence-corrected chi connectivity index (χ1v) is 7.16. The molecule has 0 saturated heterocycles. The van der Waals surface area contributed by atoms with Gasteiger partial charge in [0.15, 0.2) is 5.84 Å². The summed E-state index contributed by atoms with van der Waals surface area (Å²) in [5.41, 5.74) is 10.1. The smallest absolute Gasteiger partial charge is 0.171 e. The SMILES string of the molecule is Cc1ccc(C)c(Sc2cc(C)ccc2C(N)=NO)c1. The Morgan fingerprint density at radius 3 is 2.25 bits per heavy atom. The molecule has 0 aliphatic carbocycles. The second-order valence-corrected chi connectivity index (χ2v) is 5.94. The molecule has 0 radical (unpaired) electrons. The van der Waals surface area contributed by atoms with Gasteiger partial charge >= 0.3 is 0 Å². The maximum absolute atomic E-state index is 8.90. The molecule has 2 rings (SSSR count). The highest BCUT2D eigenvalue weighted by Gasteiger charge is 2.10. The minimum absolute atomic E-state index is 0.137. The van der Waals surface area contributed by atoms with E-state index in [0.717, 1.165) is 16.0 Å². The lowest BCUT2D eigenvalue weighted by atomic mass is 10.1. The second kappa shape index (κ2) is 6.01. The number of benzene rings is 2. The monoisotopic (exact) mass is 286 g/mol. The fourth-order valence-electron chi connectivity index (χ4n) is 1.92. The molecule has 104 valence electrons. The lowest BCUT2D eigenvalue weighted by Crippen LogP contribution is -2.14. The predicted octanol–water partition coefficient (Wildman–Crippen LogP) is 3.86. The number of hydrogen-bond donors (Lipinski definition) is 2. The van der Waals surface area contributed by atoms with Gasteiger partial charge in [-0.05, 0) is 55.7 Å². The van der Waals surface area contributed by atoms with Crippen molar-refractivity contribution in [2.75, 3.05) is 0 Å². The number of hydrogen-bond acceptors (Lipinski definition) is 3. The minimum Gasteiger partial charge on any atom is -0.409 e. The fraction of sp³-hybridized carbons (Fsp3) is 0.188. The first-order valence-electron chi connectivity index (χ1n) is 6.35. The third-order valence-corrected chi connectivity index (χ3v) is 4.30. The van der Waals surface area contributed by atoms with E-state index in [9.17, 15) is 0 Å². The van der Waals surface area contributed by atoms with E-state index >= 15 is 0 Å². The summed E-state index contributed by atoms with van der Waals surface area (Å²) in [5.74, 6) is 0.137. The lowest BCUT2D eigenvalue weighted by Gasteiger charge is -2.11. The summed E-state index contributed by atoms with van der Waals surface area (Å²) in [6, 6.07) is 12.3. The molecular formula is C16H18N2OS. The van der Waals surface area contributed by atoms with Crippen LogP contribution in [0.1, 0.15) is 22.3 Å². The Labute approximate surface area is 123 Å². The molecule has 0 fully saturated rings. The average Bonchev–Trinajstić information content (AvgIpc) is 2.42. The van der Waals surface area contributed by atoms with Crippen LogP contribution in [0.3, 0.4) is 0 Å². The number of nitrogens with two attached hydrogens (primary N) is 1. The standard InChI is InChI=1S/C16H18N2OS/c1-10-4-6-12(3)14(8-10)20-15-9-11(2)5-7-13(15)16(17)18-19/h4-9,19H,1-3H3,(H2,17,18). The Bertz CT molecular complexity index is 666. The van der Waals surface area contributed by atoms with E-state index in [1.54, 1.807) is 11.8 Å². The Morgan fingerprint density at radius 2 is 1.60 bits per heavy atom. The van der Waals surface area contributed by atoms with Gasteiger partial charge in [0.05, 0.1) is 0 Å². The summed E-state index contributed by atoms with van der Waals surface area (Å²) in [4.78, 5) is 2.18. The maximum Gasteiger partial charge on any atom is 0.171 e. The molecule has 0 aromatic heterocycles. The van der Waals surface area contributed by atoms with Crippen LogP contribution in [0.5, 0.6) is 0 Å². The summed E-state index contributed by atoms with van der Waals surface area (Å²) in [7, 11) is 0. The normalized spacial score (nSPS) is 11.7. The summed E-state index contributed by atoms with van der Waals surface area (Å²) in [6.07, 6.45) is 0. The molecule has 0 aliphatic heterocycles. The predicted molar refractivity (Wildman–Crippen MR) is 83.7 cm³/mol. The lowest BCUT2D eigenvalue weighted by molar-refractivity contribution is 0.318. The molecule has 0 bridgehead atoms. The van der Waals surface area contributed by atoms with Crippen LogP contribution < -0.4 is 5.73 Å². The Hall–Kier alpha value is -1.94. The molecule has 0 saturated carbocycles. The van der Waals surface area contributed by atoms with Gasteiger partial charge in [-0.2, -0.15) is 0 Å². The second-order valence-electron chi connectivity index (χ2n) is 4.86. The van der Waals surface area contributed by atoms with Crippen LogP contribution >= 0.6 is 11.8 Å². The van der Waals surface area contributed by atoms with Gasteiger partial charge in [0, 0.05) is 15.4 Å². The molecule has 2 aromatic carbocycles. The van der Waals surface area contributed by atoms with Gasteiger partial charge in [0.2, 0.25) is 0 Å². The molecule has 20 heavy (non-hydrogen) atoms. The van der Waals surface area contributed by atoms with E-state index in [-0.39, 0.29) is 5.84 Å². The number of nitrogens with zero attached hydrogens (tertiary/aromatic N) is 1. The molecule has 2 aromatic rings. The van der Waals surface area contributed by atoms with Crippen molar-refractivity contribution in [1.82, 2.24) is 0 Å². The van der Waals surface area contributed by atoms with Gasteiger partial charge in [-0.3, -0.25) is 0 Å². The van der Waals surface area contributed by atoms with Crippen LogP contribution in [0.15, 0.2) is 51.3 Å². The van der Waals surface area contributed by atoms with Gasteiger partial charge in [-0.25, -0.2) is 0 Å². The molecule has 0 heterocycles. The van der Waals surface area contributed by atoms with Crippen LogP contribution in [0.2, 0.25) is 0 Å². The van der Waals surface area contributed by atoms with Gasteiger partial charge < -0.3 is 10.9 Å². The van der Waals surface area contributed by atoms with Crippen molar-refractivity contribution in [2.45, 2.75) is 30.6 Å². The first kappa shape index (κ1) is 14.5. The van der Waals surface area contributed by atoms with Crippen LogP contribution in [0, 0.1) is 20.8 Å². The third kappa shape index (κ3) is 3.14. The molecule has 0 unspecified atom stereocenters. The molecule has 0 spiro atoms. The van der Waals surface area contributed by atoms with Gasteiger partial charge in [-0.15, -0.1) is 0 Å². The fourth-order valence-corrected chi connectivity index (χ4v) is 3.15. The summed E-state index contributed by atoms with van der Waals surface area (Å²) < 4.78 is 0. The highest BCUT2D eigenvalue weighted by atomic mass is 32.2. The zero-order chi connectivity index (χ0) is 14.7. The largest absolute Gasteiger partial charge is 0.409 e. The molecule has 3 N–H and O–H groups in total. The topological polar surface area (TPSA) is 58.6 Å². The van der Waals surface area contributed by atoms with Crippen molar-refractivity contribution in [3.05, 3.63) is 58.7 Å². The van der Waals surface area contributed by atoms with E-state index < -0.39 is 0 Å². The van der Waals surface area contributed by atoms with E-state index in [2.05, 4.69) is 43.3 Å². The summed E-state index contributed by atoms with van der Waals surface area (Å²) in [5, 5.41) is 12.0. The molecule has 0 aliphatic rings. The highest BCUT2D eigenvalue weighted by Crippen LogP contribution is 2.33. The van der Waals surface area contributed by atoms with Crippen molar-refractivity contribution in [3.63, 3.8) is 0 Å². The quantitative estimate of drug-likeness (QED) is 0.390. The first-order chi connectivity index (χ1) is 9.51. The van der Waals surface area contributed by atoms with Crippen molar-refractivity contribution >= 4 is 17.6 Å². The number of rotatable bonds is 3. The zero-order valence-corrected chi connectivity index (χ0v) is 12.7. The van der Waals surface area contributed by atoms with Crippen LogP contribution in [0.4, 0.5) is 0 Å².